The SMILES string of the molecule is Cc1nn(-c2ccccc2)c(C)c1/C=C/C(=O)OCC(=O)Nc1ccnn1C(C)C. The molecule has 0 fully saturated rings. The Bertz CT molecular complexity index is 1060. The molecular formula is C22H25N5O3. The number of aryl methyl sites for hydroxylation is 1. The number of carbonyl (C=O) groups excluding carboxylic acids is 2. The van der Waals surface area contributed by atoms with Crippen LogP contribution in [0.5, 0.6) is 0 Å². The molecule has 1 amide bonds. The Morgan fingerprint density at radius 1 is 1.17 bits per heavy atom. The highest BCUT2D eigenvalue weighted by Crippen LogP contribution is 2.19. The van der Waals surface area contributed by atoms with Crippen molar-refractivity contribution < 1.29 is 14.3 Å². The van der Waals surface area contributed by atoms with Gasteiger partial charge in [0.05, 0.1) is 17.6 Å². The summed E-state index contributed by atoms with van der Waals surface area (Å²) >= 11 is 0. The van der Waals surface area contributed by atoms with Gasteiger partial charge in [-0.05, 0) is 45.9 Å². The van der Waals surface area contributed by atoms with Crippen LogP contribution in [0.1, 0.15) is 36.8 Å². The first kappa shape index (κ1) is 21.0. The number of amides is 1. The van der Waals surface area contributed by atoms with Crippen LogP contribution in [0.25, 0.3) is 11.8 Å². The molecule has 8 nitrogen and oxygen atoms in total. The third kappa shape index (κ3) is 4.83. The summed E-state index contributed by atoms with van der Waals surface area (Å²) in [5, 5.41) is 11.4. The fourth-order valence-electron chi connectivity index (χ4n) is 3.06. The van der Waals surface area contributed by atoms with Gasteiger partial charge in [0.1, 0.15) is 5.82 Å². The van der Waals surface area contributed by atoms with Crippen LogP contribution in [0.4, 0.5) is 5.82 Å². The smallest absolute Gasteiger partial charge is 0.331 e. The standard InChI is InChI=1S/C22H25N5O3/c1-15(2)26-20(12-13-23-26)24-21(28)14-30-22(29)11-10-19-16(3)25-27(17(19)4)18-8-6-5-7-9-18/h5-13,15H,14H2,1-4H3,(H,24,28)/b11-10+. The number of esters is 1. The predicted molar refractivity (Wildman–Crippen MR) is 114 cm³/mol. The van der Waals surface area contributed by atoms with E-state index in [1.165, 1.54) is 6.08 Å². The number of hydrogen-bond acceptors (Lipinski definition) is 5. The van der Waals surface area contributed by atoms with E-state index in [1.54, 1.807) is 23.0 Å². The lowest BCUT2D eigenvalue weighted by Crippen LogP contribution is -2.22. The highest BCUT2D eigenvalue weighted by Gasteiger charge is 2.13. The molecule has 0 unspecified atom stereocenters. The van der Waals surface area contributed by atoms with Crippen molar-refractivity contribution in [3.63, 3.8) is 0 Å². The molecule has 0 saturated heterocycles. The van der Waals surface area contributed by atoms with Crippen molar-refractivity contribution in [2.24, 2.45) is 0 Å². The van der Waals surface area contributed by atoms with Gasteiger partial charge in [0.25, 0.3) is 5.91 Å². The van der Waals surface area contributed by atoms with Crippen LogP contribution < -0.4 is 5.32 Å². The summed E-state index contributed by atoms with van der Waals surface area (Å²) < 4.78 is 8.55. The summed E-state index contributed by atoms with van der Waals surface area (Å²) in [5.41, 5.74) is 3.47. The molecule has 0 aliphatic rings. The number of aromatic nitrogens is 4. The number of para-hydroxylation sites is 1. The number of rotatable bonds is 7. The Morgan fingerprint density at radius 3 is 2.60 bits per heavy atom. The molecule has 0 aliphatic heterocycles. The van der Waals surface area contributed by atoms with Gasteiger partial charge in [-0.25, -0.2) is 14.2 Å². The first-order valence-corrected chi connectivity index (χ1v) is 9.66. The second-order valence-corrected chi connectivity index (χ2v) is 7.08. The molecule has 3 rings (SSSR count). The summed E-state index contributed by atoms with van der Waals surface area (Å²) in [6, 6.07) is 11.5. The van der Waals surface area contributed by atoms with Crippen LogP contribution in [-0.4, -0.2) is 38.0 Å². The van der Waals surface area contributed by atoms with Crippen LogP contribution in [-0.2, 0) is 14.3 Å². The zero-order chi connectivity index (χ0) is 21.7. The lowest BCUT2D eigenvalue weighted by atomic mass is 10.2. The fraction of sp³-hybridized carbons (Fsp3) is 0.273. The van der Waals surface area contributed by atoms with Gasteiger partial charge < -0.3 is 10.1 Å². The minimum Gasteiger partial charge on any atom is -0.452 e. The van der Waals surface area contributed by atoms with Gasteiger partial charge in [0.15, 0.2) is 6.61 Å². The number of anilines is 1. The summed E-state index contributed by atoms with van der Waals surface area (Å²) in [7, 11) is 0. The van der Waals surface area contributed by atoms with Gasteiger partial charge in [0, 0.05) is 29.4 Å². The Labute approximate surface area is 175 Å². The molecular weight excluding hydrogens is 382 g/mol. The highest BCUT2D eigenvalue weighted by molar-refractivity contribution is 5.94. The minimum absolute atomic E-state index is 0.101. The van der Waals surface area contributed by atoms with Crippen molar-refractivity contribution in [3.05, 3.63) is 65.6 Å². The lowest BCUT2D eigenvalue weighted by molar-refractivity contribution is -0.142. The largest absolute Gasteiger partial charge is 0.452 e. The number of benzene rings is 1. The van der Waals surface area contributed by atoms with E-state index in [1.807, 2.05) is 62.7 Å². The monoisotopic (exact) mass is 407 g/mol. The highest BCUT2D eigenvalue weighted by atomic mass is 16.5. The van der Waals surface area contributed by atoms with E-state index < -0.39 is 11.9 Å². The first-order valence-electron chi connectivity index (χ1n) is 9.66. The van der Waals surface area contributed by atoms with Gasteiger partial charge in [-0.2, -0.15) is 10.2 Å². The van der Waals surface area contributed by atoms with Crippen molar-refractivity contribution in [2.75, 3.05) is 11.9 Å². The van der Waals surface area contributed by atoms with Crippen LogP contribution in [0.3, 0.4) is 0 Å². The van der Waals surface area contributed by atoms with Crippen molar-refractivity contribution >= 4 is 23.8 Å². The van der Waals surface area contributed by atoms with E-state index >= 15 is 0 Å². The van der Waals surface area contributed by atoms with Crippen molar-refractivity contribution in [1.29, 1.82) is 0 Å². The van der Waals surface area contributed by atoms with Crippen molar-refractivity contribution in [1.82, 2.24) is 19.6 Å². The first-order chi connectivity index (χ1) is 14.4. The Hall–Kier alpha value is -3.68. The van der Waals surface area contributed by atoms with Gasteiger partial charge >= 0.3 is 5.97 Å². The third-order valence-electron chi connectivity index (χ3n) is 4.51. The molecule has 3 aromatic rings. The second kappa shape index (κ2) is 9.21. The van der Waals surface area contributed by atoms with Crippen molar-refractivity contribution in [2.45, 2.75) is 33.7 Å². The van der Waals surface area contributed by atoms with Crippen LogP contribution in [0, 0.1) is 13.8 Å². The Balaban J connectivity index is 1.59. The number of nitrogens with zero attached hydrogens (tertiary/aromatic N) is 4. The van der Waals surface area contributed by atoms with E-state index in [-0.39, 0.29) is 12.6 Å². The van der Waals surface area contributed by atoms with E-state index in [9.17, 15) is 9.59 Å². The number of carbonyl (C=O) groups is 2. The topological polar surface area (TPSA) is 91.0 Å². The Kier molecular flexibility index (Phi) is 6.46. The van der Waals surface area contributed by atoms with E-state index in [2.05, 4.69) is 15.5 Å². The average Bonchev–Trinajstić information content (AvgIpc) is 3.30. The number of nitrogens with one attached hydrogen (secondary N) is 1. The van der Waals surface area contributed by atoms with Gasteiger partial charge in [-0.3, -0.25) is 4.79 Å². The van der Waals surface area contributed by atoms with Gasteiger partial charge in [-0.15, -0.1) is 0 Å². The fourth-order valence-corrected chi connectivity index (χ4v) is 3.06. The summed E-state index contributed by atoms with van der Waals surface area (Å²) in [4.78, 5) is 24.1. The summed E-state index contributed by atoms with van der Waals surface area (Å²) in [5.74, 6) is -0.474. The van der Waals surface area contributed by atoms with Crippen LogP contribution in [0.15, 0.2) is 48.7 Å². The molecule has 2 aromatic heterocycles. The quantitative estimate of drug-likeness (QED) is 0.478. The zero-order valence-corrected chi connectivity index (χ0v) is 17.5. The molecule has 0 atom stereocenters. The van der Waals surface area contributed by atoms with Crippen molar-refractivity contribution in [3.8, 4) is 5.69 Å². The van der Waals surface area contributed by atoms with E-state index in [0.717, 1.165) is 22.6 Å². The van der Waals surface area contributed by atoms with Crippen LogP contribution >= 0.6 is 0 Å². The van der Waals surface area contributed by atoms with E-state index in [4.69, 9.17) is 4.74 Å². The van der Waals surface area contributed by atoms with Gasteiger partial charge in [0.2, 0.25) is 0 Å². The average molecular weight is 407 g/mol. The molecule has 1 N–H and O–H groups in total. The molecule has 2 heterocycles. The normalized spacial score (nSPS) is 11.2. The maximum absolute atomic E-state index is 12.1. The van der Waals surface area contributed by atoms with E-state index in [0.29, 0.717) is 5.82 Å². The van der Waals surface area contributed by atoms with Gasteiger partial charge in [-0.1, -0.05) is 18.2 Å². The summed E-state index contributed by atoms with van der Waals surface area (Å²) in [6.07, 6.45) is 4.56. The molecule has 0 radical (unpaired) electrons. The maximum atomic E-state index is 12.1. The molecule has 0 spiro atoms. The third-order valence-corrected chi connectivity index (χ3v) is 4.51. The molecule has 1 aromatic carbocycles. The van der Waals surface area contributed by atoms with Crippen LogP contribution in [0.2, 0.25) is 0 Å². The molecule has 0 aliphatic carbocycles. The minimum atomic E-state index is -0.603. The maximum Gasteiger partial charge on any atom is 0.331 e. The number of ether oxygens (including phenoxy) is 1. The molecule has 0 bridgehead atoms. The zero-order valence-electron chi connectivity index (χ0n) is 17.5. The second-order valence-electron chi connectivity index (χ2n) is 7.08. The lowest BCUT2D eigenvalue weighted by Gasteiger charge is -2.11. The molecule has 0 saturated carbocycles. The number of hydrogen-bond donors (Lipinski definition) is 1. The Morgan fingerprint density at radius 2 is 1.90 bits per heavy atom. The molecule has 156 valence electrons. The molecule has 30 heavy (non-hydrogen) atoms. The molecule has 8 heteroatoms. The summed E-state index contributed by atoms with van der Waals surface area (Å²) in [6.45, 7) is 7.34. The predicted octanol–water partition coefficient (Wildman–Crippen LogP) is 3.46.